The van der Waals surface area contributed by atoms with Crippen LogP contribution in [0.15, 0.2) is 60.8 Å². The van der Waals surface area contributed by atoms with Gasteiger partial charge in [0, 0.05) is 6.20 Å². The van der Waals surface area contributed by atoms with Crippen LogP contribution in [0.5, 0.6) is 0 Å². The maximum absolute atomic E-state index is 4.04. The van der Waals surface area contributed by atoms with Crippen molar-refractivity contribution in [3.63, 3.8) is 0 Å². The number of hydrogen-bond donors (Lipinski definition) is 0. The van der Waals surface area contributed by atoms with Gasteiger partial charge in [-0.3, -0.25) is 0 Å². The predicted molar refractivity (Wildman–Crippen MR) is 74.9 cm³/mol. The Bertz CT molecular complexity index is 682. The monoisotopic (exact) mass is 232 g/mol. The van der Waals surface area contributed by atoms with E-state index in [1.165, 1.54) is 16.3 Å². The summed E-state index contributed by atoms with van der Waals surface area (Å²) in [7, 11) is 0. The molecular formula is C16H12N2. The molecule has 1 heterocycles. The maximum atomic E-state index is 4.04. The second-order valence-electron chi connectivity index (χ2n) is 4.05. The van der Waals surface area contributed by atoms with Crippen LogP contribution in [0.25, 0.3) is 22.9 Å². The van der Waals surface area contributed by atoms with Gasteiger partial charge in [-0.15, -0.1) is 0 Å². The van der Waals surface area contributed by atoms with Crippen molar-refractivity contribution < 1.29 is 0 Å². The van der Waals surface area contributed by atoms with E-state index in [-0.39, 0.29) is 0 Å². The summed E-state index contributed by atoms with van der Waals surface area (Å²) in [6.45, 7) is 0. The molecule has 18 heavy (non-hydrogen) atoms. The van der Waals surface area contributed by atoms with Gasteiger partial charge >= 0.3 is 0 Å². The SMILES string of the molecule is C(=C\c1cccc2ccccc12)/c1cccnn1. The van der Waals surface area contributed by atoms with Crippen molar-refractivity contribution in [2.45, 2.75) is 0 Å². The third kappa shape index (κ3) is 2.13. The van der Waals surface area contributed by atoms with Crippen LogP contribution in [-0.4, -0.2) is 10.2 Å². The van der Waals surface area contributed by atoms with E-state index in [9.17, 15) is 0 Å². The molecule has 0 amide bonds. The molecule has 0 aliphatic carbocycles. The molecule has 2 nitrogen and oxygen atoms in total. The normalized spacial score (nSPS) is 11.1. The van der Waals surface area contributed by atoms with E-state index in [2.05, 4.69) is 58.7 Å². The number of benzene rings is 2. The molecular weight excluding hydrogens is 220 g/mol. The Morgan fingerprint density at radius 1 is 0.778 bits per heavy atom. The third-order valence-electron chi connectivity index (χ3n) is 2.85. The van der Waals surface area contributed by atoms with Gasteiger partial charge in [0.15, 0.2) is 0 Å². The van der Waals surface area contributed by atoms with Gasteiger partial charge in [-0.2, -0.15) is 10.2 Å². The lowest BCUT2D eigenvalue weighted by Gasteiger charge is -2.01. The average Bonchev–Trinajstić information content (AvgIpc) is 2.46. The van der Waals surface area contributed by atoms with Gasteiger partial charge in [-0.05, 0) is 34.5 Å². The maximum Gasteiger partial charge on any atom is 0.0857 e. The predicted octanol–water partition coefficient (Wildman–Crippen LogP) is 3.80. The number of aromatic nitrogens is 2. The van der Waals surface area contributed by atoms with Gasteiger partial charge < -0.3 is 0 Å². The zero-order chi connectivity index (χ0) is 12.2. The van der Waals surface area contributed by atoms with E-state index in [4.69, 9.17) is 0 Å². The van der Waals surface area contributed by atoms with Gasteiger partial charge in [0.2, 0.25) is 0 Å². The third-order valence-corrected chi connectivity index (χ3v) is 2.85. The highest BCUT2D eigenvalue weighted by Crippen LogP contribution is 2.20. The number of rotatable bonds is 2. The minimum atomic E-state index is 0.866. The second-order valence-corrected chi connectivity index (χ2v) is 4.05. The summed E-state index contributed by atoms with van der Waals surface area (Å²) in [5.74, 6) is 0. The van der Waals surface area contributed by atoms with Crippen molar-refractivity contribution in [3.8, 4) is 0 Å². The zero-order valence-electron chi connectivity index (χ0n) is 9.82. The number of hydrogen-bond acceptors (Lipinski definition) is 2. The van der Waals surface area contributed by atoms with E-state index >= 15 is 0 Å². The fourth-order valence-electron chi connectivity index (χ4n) is 1.97. The van der Waals surface area contributed by atoms with Gasteiger partial charge in [0.25, 0.3) is 0 Å². The summed E-state index contributed by atoms with van der Waals surface area (Å²) >= 11 is 0. The topological polar surface area (TPSA) is 25.8 Å². The van der Waals surface area contributed by atoms with Crippen molar-refractivity contribution in [1.29, 1.82) is 0 Å². The van der Waals surface area contributed by atoms with Crippen LogP contribution in [-0.2, 0) is 0 Å². The second kappa shape index (κ2) is 4.80. The quantitative estimate of drug-likeness (QED) is 0.671. The first kappa shape index (κ1) is 10.7. The highest BCUT2D eigenvalue weighted by Gasteiger charge is 1.96. The van der Waals surface area contributed by atoms with Gasteiger partial charge in [0.05, 0.1) is 5.69 Å². The Morgan fingerprint density at radius 3 is 2.56 bits per heavy atom. The zero-order valence-corrected chi connectivity index (χ0v) is 9.82. The van der Waals surface area contributed by atoms with Crippen LogP contribution in [0.4, 0.5) is 0 Å². The summed E-state index contributed by atoms with van der Waals surface area (Å²) in [6.07, 6.45) is 5.73. The Kier molecular flexibility index (Phi) is 2.84. The summed E-state index contributed by atoms with van der Waals surface area (Å²) in [5, 5.41) is 10.4. The first-order chi connectivity index (χ1) is 8.93. The number of nitrogens with zero attached hydrogens (tertiary/aromatic N) is 2. The molecule has 2 aromatic carbocycles. The largest absolute Gasteiger partial charge is 0.159 e. The number of fused-ring (bicyclic) bond motifs is 1. The molecule has 0 N–H and O–H groups in total. The summed E-state index contributed by atoms with van der Waals surface area (Å²) in [5.41, 5.74) is 2.06. The van der Waals surface area contributed by atoms with Crippen LogP contribution < -0.4 is 0 Å². The molecule has 0 saturated carbocycles. The molecule has 0 atom stereocenters. The molecule has 2 heteroatoms. The Balaban J connectivity index is 2.03. The van der Waals surface area contributed by atoms with Crippen molar-refractivity contribution in [3.05, 3.63) is 72.1 Å². The smallest absolute Gasteiger partial charge is 0.0857 e. The van der Waals surface area contributed by atoms with Crippen molar-refractivity contribution >= 4 is 22.9 Å². The molecule has 0 unspecified atom stereocenters. The van der Waals surface area contributed by atoms with E-state index in [0.717, 1.165) is 5.69 Å². The Hall–Kier alpha value is -2.48. The van der Waals surface area contributed by atoms with Crippen LogP contribution in [0.2, 0.25) is 0 Å². The summed E-state index contributed by atoms with van der Waals surface area (Å²) in [6, 6.07) is 18.5. The van der Waals surface area contributed by atoms with Crippen LogP contribution in [0.1, 0.15) is 11.3 Å². The minimum Gasteiger partial charge on any atom is -0.159 e. The fraction of sp³-hybridized carbons (Fsp3) is 0. The molecule has 0 radical (unpaired) electrons. The standard InChI is InChI=1S/C16H12N2/c1-2-9-16-13(5-1)6-3-7-14(16)10-11-15-8-4-12-17-18-15/h1-12H/b11-10+. The molecule has 0 spiro atoms. The molecule has 0 saturated heterocycles. The van der Waals surface area contributed by atoms with Gasteiger partial charge in [-0.25, -0.2) is 0 Å². The molecule has 0 bridgehead atoms. The average molecular weight is 232 g/mol. The van der Waals surface area contributed by atoms with Gasteiger partial charge in [-0.1, -0.05) is 48.5 Å². The first-order valence-corrected chi connectivity index (χ1v) is 5.87. The molecule has 0 aliphatic rings. The van der Waals surface area contributed by atoms with Crippen molar-refractivity contribution in [2.75, 3.05) is 0 Å². The lowest BCUT2D eigenvalue weighted by Crippen LogP contribution is -1.82. The highest BCUT2D eigenvalue weighted by atomic mass is 15.1. The summed E-state index contributed by atoms with van der Waals surface area (Å²) in [4.78, 5) is 0. The molecule has 3 rings (SSSR count). The van der Waals surface area contributed by atoms with E-state index in [1.807, 2.05) is 18.2 Å². The fourth-order valence-corrected chi connectivity index (χ4v) is 1.97. The molecule has 0 aliphatic heterocycles. The Morgan fingerprint density at radius 2 is 1.67 bits per heavy atom. The van der Waals surface area contributed by atoms with Crippen LogP contribution >= 0.6 is 0 Å². The van der Waals surface area contributed by atoms with Crippen LogP contribution in [0, 0.1) is 0 Å². The minimum absolute atomic E-state index is 0.866. The van der Waals surface area contributed by atoms with Crippen molar-refractivity contribution in [2.24, 2.45) is 0 Å². The molecule has 1 aromatic heterocycles. The van der Waals surface area contributed by atoms with E-state index in [0.29, 0.717) is 0 Å². The van der Waals surface area contributed by atoms with Crippen LogP contribution in [0.3, 0.4) is 0 Å². The summed E-state index contributed by atoms with van der Waals surface area (Å²) < 4.78 is 0. The lowest BCUT2D eigenvalue weighted by molar-refractivity contribution is 1.02. The first-order valence-electron chi connectivity index (χ1n) is 5.87. The molecule has 3 aromatic rings. The van der Waals surface area contributed by atoms with Gasteiger partial charge in [0.1, 0.15) is 0 Å². The highest BCUT2D eigenvalue weighted by molar-refractivity contribution is 5.92. The Labute approximate surface area is 106 Å². The lowest BCUT2D eigenvalue weighted by atomic mass is 10.0. The molecule has 86 valence electrons. The van der Waals surface area contributed by atoms with E-state index < -0.39 is 0 Å². The van der Waals surface area contributed by atoms with Crippen molar-refractivity contribution in [1.82, 2.24) is 10.2 Å². The van der Waals surface area contributed by atoms with E-state index in [1.54, 1.807) is 6.20 Å². The molecule has 0 fully saturated rings.